The van der Waals surface area contributed by atoms with Crippen LogP contribution in [0.3, 0.4) is 0 Å². The lowest BCUT2D eigenvalue weighted by Gasteiger charge is -2.30. The molecule has 1 aromatic carbocycles. The Bertz CT molecular complexity index is 1240. The van der Waals surface area contributed by atoms with E-state index in [1.54, 1.807) is 29.2 Å². The number of rotatable bonds is 7. The highest BCUT2D eigenvalue weighted by Crippen LogP contribution is 2.24. The molecule has 1 atom stereocenters. The van der Waals surface area contributed by atoms with Gasteiger partial charge in [0.25, 0.3) is 0 Å². The highest BCUT2D eigenvalue weighted by atomic mass is 19.4. The Labute approximate surface area is 197 Å². The Morgan fingerprint density at radius 3 is 2.51 bits per heavy atom. The minimum atomic E-state index is -4.40. The maximum absolute atomic E-state index is 13.2. The van der Waals surface area contributed by atoms with Gasteiger partial charge in [0, 0.05) is 12.7 Å². The van der Waals surface area contributed by atoms with Crippen LogP contribution >= 0.6 is 0 Å². The standard InChI is InChI=1S/C23H21F4N5O3/c24-17-4-2-16(3-5-17)19-7-8-31(11-20(19)33)21-29-14-32(22(34)30-21)10-15-1-6-18(28-9-15)12-35-13-23(25,26)27/h1-7,9,14,20,33H,8,10-13H2. The monoisotopic (exact) mass is 491 g/mol. The predicted molar refractivity (Wildman–Crippen MR) is 118 cm³/mol. The number of pyridine rings is 1. The number of nitrogens with zero attached hydrogens (tertiary/aromatic N) is 5. The van der Waals surface area contributed by atoms with Gasteiger partial charge in [0.2, 0.25) is 5.95 Å². The molecule has 0 aliphatic carbocycles. The molecule has 184 valence electrons. The van der Waals surface area contributed by atoms with Crippen molar-refractivity contribution in [2.75, 3.05) is 24.6 Å². The van der Waals surface area contributed by atoms with Crippen molar-refractivity contribution in [3.63, 3.8) is 0 Å². The fourth-order valence-electron chi connectivity index (χ4n) is 3.55. The summed E-state index contributed by atoms with van der Waals surface area (Å²) in [4.78, 5) is 26.4. The summed E-state index contributed by atoms with van der Waals surface area (Å²) in [5, 5.41) is 10.5. The molecule has 1 N–H and O–H groups in total. The number of hydrogen-bond acceptors (Lipinski definition) is 7. The molecule has 0 saturated carbocycles. The molecule has 1 aliphatic heterocycles. The molecular formula is C23H21F4N5O3. The van der Waals surface area contributed by atoms with Crippen molar-refractivity contribution in [3.8, 4) is 0 Å². The van der Waals surface area contributed by atoms with Crippen molar-refractivity contribution in [1.29, 1.82) is 0 Å². The summed E-state index contributed by atoms with van der Waals surface area (Å²) in [6.07, 6.45) is -0.723. The molecule has 1 unspecified atom stereocenters. The average Bonchev–Trinajstić information content (AvgIpc) is 2.81. The van der Waals surface area contributed by atoms with Gasteiger partial charge in [-0.25, -0.2) is 14.2 Å². The minimum Gasteiger partial charge on any atom is -0.387 e. The zero-order valence-corrected chi connectivity index (χ0v) is 18.3. The molecule has 0 fully saturated rings. The van der Waals surface area contributed by atoms with E-state index >= 15 is 0 Å². The van der Waals surface area contributed by atoms with Gasteiger partial charge in [-0.1, -0.05) is 24.3 Å². The van der Waals surface area contributed by atoms with E-state index in [4.69, 9.17) is 0 Å². The summed E-state index contributed by atoms with van der Waals surface area (Å²) in [5.41, 5.74) is 1.77. The van der Waals surface area contributed by atoms with Gasteiger partial charge in [-0.3, -0.25) is 9.55 Å². The molecule has 4 rings (SSSR count). The summed E-state index contributed by atoms with van der Waals surface area (Å²) >= 11 is 0. The van der Waals surface area contributed by atoms with Gasteiger partial charge in [-0.2, -0.15) is 18.2 Å². The smallest absolute Gasteiger partial charge is 0.387 e. The van der Waals surface area contributed by atoms with E-state index in [0.29, 0.717) is 28.9 Å². The zero-order chi connectivity index (χ0) is 25.0. The van der Waals surface area contributed by atoms with Crippen molar-refractivity contribution in [3.05, 3.63) is 88.1 Å². The second-order valence-electron chi connectivity index (χ2n) is 7.92. The minimum absolute atomic E-state index is 0.118. The molecule has 12 heteroatoms. The molecule has 0 spiro atoms. The molecule has 2 aromatic heterocycles. The van der Waals surface area contributed by atoms with Gasteiger partial charge in [0.1, 0.15) is 18.8 Å². The van der Waals surface area contributed by atoms with Crippen molar-refractivity contribution >= 4 is 11.5 Å². The Hall–Kier alpha value is -3.64. The lowest BCUT2D eigenvalue weighted by Crippen LogP contribution is -2.40. The van der Waals surface area contributed by atoms with Gasteiger partial charge in [0.15, 0.2) is 0 Å². The van der Waals surface area contributed by atoms with E-state index in [0.717, 1.165) is 0 Å². The fourth-order valence-corrected chi connectivity index (χ4v) is 3.55. The number of anilines is 1. The predicted octanol–water partition coefficient (Wildman–Crippen LogP) is 2.56. The molecule has 35 heavy (non-hydrogen) atoms. The van der Waals surface area contributed by atoms with Gasteiger partial charge in [-0.15, -0.1) is 0 Å². The fraction of sp³-hybridized carbons (Fsp3) is 0.304. The maximum Gasteiger partial charge on any atom is 0.411 e. The summed E-state index contributed by atoms with van der Waals surface area (Å²) < 4.78 is 55.4. The van der Waals surface area contributed by atoms with Crippen LogP contribution in [0.15, 0.2) is 59.8 Å². The van der Waals surface area contributed by atoms with Crippen LogP contribution in [0.1, 0.15) is 16.8 Å². The van der Waals surface area contributed by atoms with Crippen LogP contribution in [-0.4, -0.2) is 56.6 Å². The van der Waals surface area contributed by atoms with Crippen LogP contribution in [-0.2, 0) is 17.9 Å². The van der Waals surface area contributed by atoms with Crippen molar-refractivity contribution in [1.82, 2.24) is 19.5 Å². The van der Waals surface area contributed by atoms with Crippen molar-refractivity contribution < 1.29 is 27.4 Å². The first-order chi connectivity index (χ1) is 16.7. The SMILES string of the molecule is O=c1nc(N2CC=C(c3ccc(F)cc3)C(O)C2)ncn1Cc1ccc(COCC(F)(F)F)nc1. The number of benzene rings is 1. The van der Waals surface area contributed by atoms with Crippen molar-refractivity contribution in [2.24, 2.45) is 0 Å². The molecule has 1 aliphatic rings. The molecule has 3 heterocycles. The number of aliphatic hydroxyl groups is 1. The Morgan fingerprint density at radius 2 is 1.89 bits per heavy atom. The molecular weight excluding hydrogens is 470 g/mol. The molecule has 3 aromatic rings. The number of β-amino-alcohol motifs (C(OH)–C–C–N with tert-alkyl or cyclic N) is 1. The van der Waals surface area contributed by atoms with Crippen LogP contribution in [0.4, 0.5) is 23.5 Å². The number of alkyl halides is 3. The van der Waals surface area contributed by atoms with Crippen molar-refractivity contribution in [2.45, 2.75) is 25.4 Å². The van der Waals surface area contributed by atoms with E-state index < -0.39 is 24.6 Å². The summed E-state index contributed by atoms with van der Waals surface area (Å²) in [5.74, 6) is -0.202. The molecule has 0 saturated heterocycles. The number of hydrogen-bond donors (Lipinski definition) is 1. The number of aliphatic hydroxyl groups excluding tert-OH is 1. The highest BCUT2D eigenvalue weighted by molar-refractivity contribution is 5.71. The van der Waals surface area contributed by atoms with E-state index in [-0.39, 0.29) is 31.5 Å². The summed E-state index contributed by atoms with van der Waals surface area (Å²) in [6, 6.07) is 8.98. The third-order valence-electron chi connectivity index (χ3n) is 5.25. The second-order valence-corrected chi connectivity index (χ2v) is 7.92. The largest absolute Gasteiger partial charge is 0.411 e. The average molecular weight is 491 g/mol. The Balaban J connectivity index is 1.38. The maximum atomic E-state index is 13.2. The zero-order valence-electron chi connectivity index (χ0n) is 18.3. The van der Waals surface area contributed by atoms with E-state index in [1.807, 2.05) is 0 Å². The third-order valence-corrected chi connectivity index (χ3v) is 5.25. The van der Waals surface area contributed by atoms with Gasteiger partial charge < -0.3 is 14.7 Å². The lowest BCUT2D eigenvalue weighted by molar-refractivity contribution is -0.176. The highest BCUT2D eigenvalue weighted by Gasteiger charge is 2.27. The number of aromatic nitrogens is 4. The first-order valence-electron chi connectivity index (χ1n) is 10.6. The molecule has 0 bridgehead atoms. The lowest BCUT2D eigenvalue weighted by atomic mass is 9.97. The third kappa shape index (κ3) is 6.49. The van der Waals surface area contributed by atoms with Crippen LogP contribution in [0.5, 0.6) is 0 Å². The second kappa shape index (κ2) is 10.3. The molecule has 0 radical (unpaired) electrons. The first-order valence-corrected chi connectivity index (χ1v) is 10.6. The quantitative estimate of drug-likeness (QED) is 0.508. The van der Waals surface area contributed by atoms with Crippen LogP contribution in [0.25, 0.3) is 5.57 Å². The Morgan fingerprint density at radius 1 is 1.11 bits per heavy atom. The number of ether oxygens (including phenoxy) is 1. The first kappa shape index (κ1) is 24.5. The van der Waals surface area contributed by atoms with Crippen LogP contribution in [0.2, 0.25) is 0 Å². The number of halogens is 4. The van der Waals surface area contributed by atoms with E-state index in [9.17, 15) is 27.5 Å². The summed E-state index contributed by atoms with van der Waals surface area (Å²) in [7, 11) is 0. The normalized spacial score (nSPS) is 16.3. The van der Waals surface area contributed by atoms with Gasteiger partial charge >= 0.3 is 11.9 Å². The van der Waals surface area contributed by atoms with Gasteiger partial charge in [0.05, 0.1) is 31.5 Å². The topological polar surface area (TPSA) is 93.4 Å². The molecule has 8 nitrogen and oxygen atoms in total. The van der Waals surface area contributed by atoms with E-state index in [2.05, 4.69) is 19.7 Å². The Kier molecular flexibility index (Phi) is 7.22. The van der Waals surface area contributed by atoms with Crippen LogP contribution < -0.4 is 10.6 Å². The van der Waals surface area contributed by atoms with Crippen LogP contribution in [0, 0.1) is 5.82 Å². The van der Waals surface area contributed by atoms with E-state index in [1.165, 1.54) is 35.3 Å². The van der Waals surface area contributed by atoms with Gasteiger partial charge in [-0.05, 0) is 34.9 Å². The summed E-state index contributed by atoms with van der Waals surface area (Å²) in [6.45, 7) is -1.00. The molecule has 0 amide bonds.